The number of hydrogen-bond donors (Lipinski definition) is 1. The summed E-state index contributed by atoms with van der Waals surface area (Å²) in [6, 6.07) is 0. The second-order valence-electron chi connectivity index (χ2n) is 4.07. The summed E-state index contributed by atoms with van der Waals surface area (Å²) >= 11 is 3.65. The normalized spacial score (nSPS) is 20.5. The molecule has 0 radical (unpaired) electrons. The summed E-state index contributed by atoms with van der Waals surface area (Å²) in [5.41, 5.74) is 0. The number of carbonyl (C=O) groups is 1. The minimum atomic E-state index is -3.51. The lowest BCUT2D eigenvalue weighted by Crippen LogP contribution is -2.42. The molecule has 0 bridgehead atoms. The van der Waals surface area contributed by atoms with Gasteiger partial charge in [0.15, 0.2) is 0 Å². The molecule has 1 heterocycles. The van der Waals surface area contributed by atoms with Gasteiger partial charge < -0.3 is 4.74 Å². The van der Waals surface area contributed by atoms with Crippen molar-refractivity contribution in [2.75, 3.05) is 44.5 Å². The first-order valence-corrected chi connectivity index (χ1v) is 9.57. The summed E-state index contributed by atoms with van der Waals surface area (Å²) in [6.07, 6.45) is 0.0575. The summed E-state index contributed by atoms with van der Waals surface area (Å²) in [4.78, 5) is 11.0. The van der Waals surface area contributed by atoms with E-state index in [1.807, 2.05) is 11.8 Å². The lowest BCUT2D eigenvalue weighted by molar-refractivity contribution is -0.140. The fraction of sp³-hybridized carbons (Fsp3) is 0.900. The number of hydrogen-bond acceptors (Lipinski definition) is 6. The molecular weight excluding hydrogens is 308 g/mol. The zero-order valence-electron chi connectivity index (χ0n) is 11.1. The maximum absolute atomic E-state index is 11.9. The predicted molar refractivity (Wildman–Crippen MR) is 79.8 cm³/mol. The molecule has 1 aliphatic heterocycles. The Morgan fingerprint density at radius 1 is 1.47 bits per heavy atom. The van der Waals surface area contributed by atoms with Gasteiger partial charge in [-0.25, -0.2) is 4.72 Å². The van der Waals surface area contributed by atoms with Gasteiger partial charge in [-0.2, -0.15) is 36.2 Å². The molecule has 9 heteroatoms. The fourth-order valence-electron chi connectivity index (χ4n) is 1.43. The molecule has 0 aromatic heterocycles. The van der Waals surface area contributed by atoms with E-state index < -0.39 is 16.2 Å². The molecule has 1 saturated heterocycles. The van der Waals surface area contributed by atoms with Crippen LogP contribution in [0.5, 0.6) is 0 Å². The van der Waals surface area contributed by atoms with E-state index in [4.69, 9.17) is 0 Å². The van der Waals surface area contributed by atoms with Gasteiger partial charge in [-0.05, 0) is 0 Å². The third-order valence-corrected chi connectivity index (χ3v) is 7.03. The number of nitrogens with one attached hydrogen (secondary N) is 1. The number of thioether (sulfide) groups is 2. The average Bonchev–Trinajstić information content (AvgIpc) is 2.43. The minimum absolute atomic E-state index is 0.0575. The predicted octanol–water partition coefficient (Wildman–Crippen LogP) is 0.164. The third-order valence-electron chi connectivity index (χ3n) is 2.65. The second kappa shape index (κ2) is 8.35. The first kappa shape index (κ1) is 17.1. The maximum atomic E-state index is 11.9. The summed E-state index contributed by atoms with van der Waals surface area (Å²) < 4.78 is 32.0. The Hall–Kier alpha value is 0.0400. The van der Waals surface area contributed by atoms with Gasteiger partial charge in [-0.1, -0.05) is 0 Å². The van der Waals surface area contributed by atoms with Crippen LogP contribution in [0.2, 0.25) is 0 Å². The Bertz CT molecular complexity index is 382. The molecule has 0 aromatic carbocycles. The number of ether oxygens (including phenoxy) is 1. The maximum Gasteiger partial charge on any atom is 0.306 e. The molecule has 6 nitrogen and oxygen atoms in total. The zero-order chi connectivity index (χ0) is 14.3. The van der Waals surface area contributed by atoms with Gasteiger partial charge in [0.2, 0.25) is 0 Å². The molecule has 1 atom stereocenters. The minimum Gasteiger partial charge on any atom is -0.469 e. The van der Waals surface area contributed by atoms with Crippen LogP contribution in [0.25, 0.3) is 0 Å². The van der Waals surface area contributed by atoms with E-state index in [2.05, 4.69) is 9.46 Å². The van der Waals surface area contributed by atoms with Crippen molar-refractivity contribution < 1.29 is 17.9 Å². The second-order valence-corrected chi connectivity index (χ2v) is 8.49. The van der Waals surface area contributed by atoms with E-state index in [9.17, 15) is 13.2 Å². The van der Waals surface area contributed by atoms with Crippen LogP contribution < -0.4 is 4.72 Å². The SMILES string of the molecule is COC(=O)CCN(C)S(=O)(=O)NCC1CSCCS1. The monoisotopic (exact) mass is 328 g/mol. The van der Waals surface area contributed by atoms with E-state index in [0.29, 0.717) is 11.8 Å². The highest BCUT2D eigenvalue weighted by atomic mass is 32.2. The molecular formula is C10H20N2O4S3. The van der Waals surface area contributed by atoms with Crippen molar-refractivity contribution in [3.05, 3.63) is 0 Å². The average molecular weight is 328 g/mol. The molecule has 112 valence electrons. The van der Waals surface area contributed by atoms with E-state index in [0.717, 1.165) is 21.6 Å². The molecule has 0 amide bonds. The molecule has 0 saturated carbocycles. The van der Waals surface area contributed by atoms with Crippen molar-refractivity contribution in [1.82, 2.24) is 9.03 Å². The molecule has 0 aromatic rings. The molecule has 1 aliphatic rings. The lowest BCUT2D eigenvalue weighted by atomic mass is 10.4. The molecule has 1 rings (SSSR count). The van der Waals surface area contributed by atoms with Gasteiger partial charge in [0, 0.05) is 42.6 Å². The standard InChI is InChI=1S/C10H20N2O4S3/c1-12(4-3-10(13)16-2)19(14,15)11-7-9-8-17-5-6-18-9/h9,11H,3-8H2,1-2H3. The van der Waals surface area contributed by atoms with E-state index in [1.165, 1.54) is 14.2 Å². The smallest absolute Gasteiger partial charge is 0.306 e. The molecule has 19 heavy (non-hydrogen) atoms. The van der Waals surface area contributed by atoms with Gasteiger partial charge in [0.1, 0.15) is 0 Å². The van der Waals surface area contributed by atoms with Gasteiger partial charge in [0.25, 0.3) is 10.2 Å². The van der Waals surface area contributed by atoms with Crippen LogP contribution in [0.3, 0.4) is 0 Å². The highest BCUT2D eigenvalue weighted by Gasteiger charge is 2.21. The fourth-order valence-corrected chi connectivity index (χ4v) is 5.12. The van der Waals surface area contributed by atoms with Crippen LogP contribution in [-0.4, -0.2) is 68.4 Å². The van der Waals surface area contributed by atoms with Crippen LogP contribution in [0.4, 0.5) is 0 Å². The van der Waals surface area contributed by atoms with Crippen molar-refractivity contribution in [2.45, 2.75) is 11.7 Å². The quantitative estimate of drug-likeness (QED) is 0.671. The number of carbonyl (C=O) groups excluding carboxylic acids is 1. The van der Waals surface area contributed by atoms with Crippen LogP contribution >= 0.6 is 23.5 Å². The Morgan fingerprint density at radius 2 is 2.21 bits per heavy atom. The van der Waals surface area contributed by atoms with Crippen molar-refractivity contribution in [3.8, 4) is 0 Å². The highest BCUT2D eigenvalue weighted by Crippen LogP contribution is 2.23. The van der Waals surface area contributed by atoms with Gasteiger partial charge in [-0.15, -0.1) is 0 Å². The van der Waals surface area contributed by atoms with Crippen LogP contribution in [-0.2, 0) is 19.7 Å². The zero-order valence-corrected chi connectivity index (χ0v) is 13.6. The topological polar surface area (TPSA) is 75.7 Å². The molecule has 0 spiro atoms. The lowest BCUT2D eigenvalue weighted by Gasteiger charge is -2.23. The van der Waals surface area contributed by atoms with Gasteiger partial charge in [-0.3, -0.25) is 4.79 Å². The Kier molecular flexibility index (Phi) is 7.52. The van der Waals surface area contributed by atoms with Crippen molar-refractivity contribution in [2.24, 2.45) is 0 Å². The molecule has 1 fully saturated rings. The summed E-state index contributed by atoms with van der Waals surface area (Å²) in [5.74, 6) is 2.75. The number of rotatable bonds is 7. The summed E-state index contributed by atoms with van der Waals surface area (Å²) in [6.45, 7) is 0.553. The Labute approximate surface area is 123 Å². The molecule has 1 unspecified atom stereocenters. The molecule has 1 N–H and O–H groups in total. The van der Waals surface area contributed by atoms with Crippen LogP contribution in [0.15, 0.2) is 0 Å². The van der Waals surface area contributed by atoms with Crippen molar-refractivity contribution in [1.29, 1.82) is 0 Å². The van der Waals surface area contributed by atoms with E-state index in [1.54, 1.807) is 11.8 Å². The summed E-state index contributed by atoms with van der Waals surface area (Å²) in [5, 5.41) is 0.322. The van der Waals surface area contributed by atoms with E-state index in [-0.39, 0.29) is 13.0 Å². The van der Waals surface area contributed by atoms with E-state index >= 15 is 0 Å². The Morgan fingerprint density at radius 3 is 2.79 bits per heavy atom. The summed E-state index contributed by atoms with van der Waals surface area (Å²) in [7, 11) is -0.773. The first-order valence-electron chi connectivity index (χ1n) is 5.93. The third kappa shape index (κ3) is 6.35. The number of methoxy groups -OCH3 is 1. The number of nitrogens with zero attached hydrogens (tertiary/aromatic N) is 1. The van der Waals surface area contributed by atoms with Gasteiger partial charge in [0.05, 0.1) is 13.5 Å². The Balaban J connectivity index is 2.34. The van der Waals surface area contributed by atoms with Crippen LogP contribution in [0.1, 0.15) is 6.42 Å². The number of esters is 1. The highest BCUT2D eigenvalue weighted by molar-refractivity contribution is 8.06. The largest absolute Gasteiger partial charge is 0.469 e. The van der Waals surface area contributed by atoms with Crippen molar-refractivity contribution in [3.63, 3.8) is 0 Å². The van der Waals surface area contributed by atoms with Crippen molar-refractivity contribution >= 4 is 39.7 Å². The van der Waals surface area contributed by atoms with Gasteiger partial charge >= 0.3 is 5.97 Å². The first-order chi connectivity index (χ1) is 8.95. The molecule has 0 aliphatic carbocycles. The van der Waals surface area contributed by atoms with Crippen LogP contribution in [0, 0.1) is 0 Å².